The molecule has 0 fully saturated rings. The quantitative estimate of drug-likeness (QED) is 0.691. The maximum atomic E-state index is 5.31. The molecule has 0 aliphatic heterocycles. The molecule has 0 unspecified atom stereocenters. The summed E-state index contributed by atoms with van der Waals surface area (Å²) in [6.07, 6.45) is 1.13. The van der Waals surface area contributed by atoms with E-state index in [4.69, 9.17) is 9.47 Å². The summed E-state index contributed by atoms with van der Waals surface area (Å²) in [6.45, 7) is 5.00. The number of benzene rings is 1. The third-order valence-electron chi connectivity index (χ3n) is 2.94. The van der Waals surface area contributed by atoms with Crippen molar-refractivity contribution in [1.29, 1.82) is 0 Å². The molecule has 0 radical (unpaired) electrons. The van der Waals surface area contributed by atoms with Gasteiger partial charge in [-0.25, -0.2) is 0 Å². The Hall–Kier alpha value is -1.26. The summed E-state index contributed by atoms with van der Waals surface area (Å²) >= 11 is 0. The fourth-order valence-corrected chi connectivity index (χ4v) is 1.83. The van der Waals surface area contributed by atoms with Gasteiger partial charge in [0.2, 0.25) is 0 Å². The highest BCUT2D eigenvalue weighted by atomic mass is 16.5. The van der Waals surface area contributed by atoms with Gasteiger partial charge in [-0.2, -0.15) is 0 Å². The lowest BCUT2D eigenvalue weighted by molar-refractivity contribution is 0.354. The Labute approximate surface area is 110 Å². The van der Waals surface area contributed by atoms with Gasteiger partial charge in [-0.05, 0) is 56.7 Å². The average Bonchev–Trinajstić information content (AvgIpc) is 2.39. The van der Waals surface area contributed by atoms with Crippen LogP contribution in [-0.4, -0.2) is 34.4 Å². The third-order valence-corrected chi connectivity index (χ3v) is 2.94. The van der Waals surface area contributed by atoms with Crippen molar-refractivity contribution in [2.24, 2.45) is 0 Å². The molecule has 1 aromatic carbocycles. The highest BCUT2D eigenvalue weighted by molar-refractivity contribution is 5.46. The first-order valence-electron chi connectivity index (χ1n) is 6.29. The van der Waals surface area contributed by atoms with E-state index >= 15 is 0 Å². The Kier molecular flexibility index (Phi) is 6.54. The van der Waals surface area contributed by atoms with Crippen molar-refractivity contribution in [3.63, 3.8) is 0 Å². The monoisotopic (exact) mass is 252 g/mol. The SMILES string of the molecule is CNCCCNCc1cc(OC)c(OC)cc1C. The summed E-state index contributed by atoms with van der Waals surface area (Å²) in [5.74, 6) is 1.57. The maximum absolute atomic E-state index is 5.31. The Morgan fingerprint density at radius 3 is 2.33 bits per heavy atom. The van der Waals surface area contributed by atoms with Crippen LogP contribution >= 0.6 is 0 Å². The predicted molar refractivity (Wildman–Crippen MR) is 74.5 cm³/mol. The number of ether oxygens (including phenoxy) is 2. The summed E-state index contributed by atoms with van der Waals surface area (Å²) in [5.41, 5.74) is 2.46. The second-order valence-electron chi connectivity index (χ2n) is 4.27. The molecule has 0 heterocycles. The number of rotatable bonds is 8. The molecule has 0 bridgehead atoms. The zero-order chi connectivity index (χ0) is 13.4. The molecule has 0 atom stereocenters. The lowest BCUT2D eigenvalue weighted by Gasteiger charge is -2.13. The fraction of sp³-hybridized carbons (Fsp3) is 0.571. The predicted octanol–water partition coefficient (Wildman–Crippen LogP) is 1.71. The molecule has 0 aromatic heterocycles. The van der Waals surface area contributed by atoms with Gasteiger partial charge in [0, 0.05) is 6.54 Å². The van der Waals surface area contributed by atoms with Gasteiger partial charge in [0.15, 0.2) is 11.5 Å². The van der Waals surface area contributed by atoms with E-state index in [9.17, 15) is 0 Å². The average molecular weight is 252 g/mol. The molecule has 0 saturated heterocycles. The Balaban J connectivity index is 2.59. The van der Waals surface area contributed by atoms with Gasteiger partial charge < -0.3 is 20.1 Å². The van der Waals surface area contributed by atoms with E-state index in [2.05, 4.69) is 17.6 Å². The van der Waals surface area contributed by atoms with E-state index < -0.39 is 0 Å². The van der Waals surface area contributed by atoms with Crippen LogP contribution in [0, 0.1) is 6.92 Å². The van der Waals surface area contributed by atoms with Crippen LogP contribution in [0.15, 0.2) is 12.1 Å². The van der Waals surface area contributed by atoms with Gasteiger partial charge >= 0.3 is 0 Å². The Bertz CT molecular complexity index is 367. The molecule has 18 heavy (non-hydrogen) atoms. The van der Waals surface area contributed by atoms with Crippen molar-refractivity contribution in [3.8, 4) is 11.5 Å². The van der Waals surface area contributed by atoms with Crippen molar-refractivity contribution >= 4 is 0 Å². The molecular weight excluding hydrogens is 228 g/mol. The number of aryl methyl sites for hydroxylation is 1. The van der Waals surface area contributed by atoms with Gasteiger partial charge in [0.05, 0.1) is 14.2 Å². The molecule has 0 spiro atoms. The molecule has 0 amide bonds. The van der Waals surface area contributed by atoms with Gasteiger partial charge in [-0.1, -0.05) is 0 Å². The minimum atomic E-state index is 0.786. The van der Waals surface area contributed by atoms with Crippen LogP contribution in [0.5, 0.6) is 11.5 Å². The van der Waals surface area contributed by atoms with E-state index in [0.717, 1.165) is 37.6 Å². The number of hydrogen-bond acceptors (Lipinski definition) is 4. The topological polar surface area (TPSA) is 42.5 Å². The molecule has 2 N–H and O–H groups in total. The second kappa shape index (κ2) is 7.95. The van der Waals surface area contributed by atoms with Crippen molar-refractivity contribution in [3.05, 3.63) is 23.3 Å². The van der Waals surface area contributed by atoms with E-state index in [-0.39, 0.29) is 0 Å². The smallest absolute Gasteiger partial charge is 0.161 e. The first kappa shape index (κ1) is 14.8. The molecule has 0 saturated carbocycles. The van der Waals surface area contributed by atoms with E-state index in [1.807, 2.05) is 19.2 Å². The van der Waals surface area contributed by atoms with Crippen LogP contribution in [0.25, 0.3) is 0 Å². The van der Waals surface area contributed by atoms with Crippen LogP contribution < -0.4 is 20.1 Å². The molecule has 4 nitrogen and oxygen atoms in total. The third kappa shape index (κ3) is 4.20. The molecular formula is C14H24N2O2. The standard InChI is InChI=1S/C14H24N2O2/c1-11-8-13(17-3)14(18-4)9-12(11)10-16-7-5-6-15-2/h8-9,15-16H,5-7,10H2,1-4H3. The minimum Gasteiger partial charge on any atom is -0.493 e. The van der Waals surface area contributed by atoms with E-state index in [0.29, 0.717) is 0 Å². The summed E-state index contributed by atoms with van der Waals surface area (Å²) in [6, 6.07) is 4.06. The summed E-state index contributed by atoms with van der Waals surface area (Å²) in [5, 5.41) is 6.56. The molecule has 4 heteroatoms. The molecule has 0 aliphatic rings. The summed E-state index contributed by atoms with van der Waals surface area (Å²) in [4.78, 5) is 0. The Morgan fingerprint density at radius 1 is 1.06 bits per heavy atom. The van der Waals surface area contributed by atoms with Gasteiger partial charge in [-0.15, -0.1) is 0 Å². The van der Waals surface area contributed by atoms with Crippen LogP contribution in [0.4, 0.5) is 0 Å². The second-order valence-corrected chi connectivity index (χ2v) is 4.27. The number of nitrogens with one attached hydrogen (secondary N) is 2. The van der Waals surface area contributed by atoms with Crippen LogP contribution in [0.3, 0.4) is 0 Å². The van der Waals surface area contributed by atoms with Crippen molar-refractivity contribution in [2.45, 2.75) is 19.9 Å². The zero-order valence-corrected chi connectivity index (χ0v) is 11.8. The van der Waals surface area contributed by atoms with Crippen molar-refractivity contribution in [2.75, 3.05) is 34.4 Å². The van der Waals surface area contributed by atoms with Crippen molar-refractivity contribution < 1.29 is 9.47 Å². The number of hydrogen-bond donors (Lipinski definition) is 2. The minimum absolute atomic E-state index is 0.786. The zero-order valence-electron chi connectivity index (χ0n) is 11.8. The van der Waals surface area contributed by atoms with Crippen molar-refractivity contribution in [1.82, 2.24) is 10.6 Å². The molecule has 1 rings (SSSR count). The highest BCUT2D eigenvalue weighted by Crippen LogP contribution is 2.30. The first-order chi connectivity index (χ1) is 8.72. The van der Waals surface area contributed by atoms with Crippen LogP contribution in [0.1, 0.15) is 17.5 Å². The molecule has 1 aromatic rings. The first-order valence-corrected chi connectivity index (χ1v) is 6.29. The lowest BCUT2D eigenvalue weighted by Crippen LogP contribution is -2.19. The normalized spacial score (nSPS) is 10.4. The summed E-state index contributed by atoms with van der Waals surface area (Å²) in [7, 11) is 5.29. The van der Waals surface area contributed by atoms with E-state index in [1.54, 1.807) is 14.2 Å². The largest absolute Gasteiger partial charge is 0.493 e. The highest BCUT2D eigenvalue weighted by Gasteiger charge is 2.07. The fourth-order valence-electron chi connectivity index (χ4n) is 1.83. The van der Waals surface area contributed by atoms with Gasteiger partial charge in [-0.3, -0.25) is 0 Å². The molecule has 102 valence electrons. The number of methoxy groups -OCH3 is 2. The van der Waals surface area contributed by atoms with Gasteiger partial charge in [0.25, 0.3) is 0 Å². The Morgan fingerprint density at radius 2 is 1.72 bits per heavy atom. The summed E-state index contributed by atoms with van der Waals surface area (Å²) < 4.78 is 10.6. The van der Waals surface area contributed by atoms with Crippen LogP contribution in [0.2, 0.25) is 0 Å². The van der Waals surface area contributed by atoms with Crippen LogP contribution in [-0.2, 0) is 6.54 Å². The van der Waals surface area contributed by atoms with Gasteiger partial charge in [0.1, 0.15) is 0 Å². The van der Waals surface area contributed by atoms with E-state index in [1.165, 1.54) is 11.1 Å². The maximum Gasteiger partial charge on any atom is 0.161 e. The molecule has 0 aliphatic carbocycles. The lowest BCUT2D eigenvalue weighted by atomic mass is 10.1.